The van der Waals surface area contributed by atoms with Crippen LogP contribution in [-0.4, -0.2) is 19.6 Å². The first kappa shape index (κ1) is 17.3. The molecule has 1 aromatic carbocycles. The molecule has 1 atom stereocenters. The van der Waals surface area contributed by atoms with Crippen molar-refractivity contribution in [3.8, 4) is 0 Å². The van der Waals surface area contributed by atoms with Gasteiger partial charge in [0.1, 0.15) is 5.82 Å². The highest BCUT2D eigenvalue weighted by molar-refractivity contribution is 5.82. The van der Waals surface area contributed by atoms with Crippen LogP contribution in [0.4, 0.5) is 4.39 Å². The van der Waals surface area contributed by atoms with E-state index in [4.69, 9.17) is 4.98 Å². The summed E-state index contributed by atoms with van der Waals surface area (Å²) in [4.78, 5) is 9.16. The predicted molar refractivity (Wildman–Crippen MR) is 108 cm³/mol. The molecule has 28 heavy (non-hydrogen) atoms. The van der Waals surface area contributed by atoms with Crippen LogP contribution >= 0.6 is 0 Å². The summed E-state index contributed by atoms with van der Waals surface area (Å²) in [5.41, 5.74) is 4.15. The molecule has 1 aliphatic carbocycles. The van der Waals surface area contributed by atoms with Crippen LogP contribution in [-0.2, 0) is 0 Å². The van der Waals surface area contributed by atoms with E-state index in [1.54, 1.807) is 18.3 Å². The summed E-state index contributed by atoms with van der Waals surface area (Å²) in [6.45, 7) is 2.28. The van der Waals surface area contributed by atoms with Gasteiger partial charge in [-0.15, -0.1) is 0 Å². The lowest BCUT2D eigenvalue weighted by molar-refractivity contribution is 0.289. The van der Waals surface area contributed by atoms with Crippen molar-refractivity contribution in [1.82, 2.24) is 19.6 Å². The highest BCUT2D eigenvalue weighted by Crippen LogP contribution is 2.42. The van der Waals surface area contributed by atoms with Gasteiger partial charge in [-0.1, -0.05) is 6.92 Å². The van der Waals surface area contributed by atoms with Crippen LogP contribution in [0.2, 0.25) is 0 Å². The molecule has 0 N–H and O–H groups in total. The van der Waals surface area contributed by atoms with Gasteiger partial charge in [0.25, 0.3) is 0 Å². The largest absolute Gasteiger partial charge is 0.256 e. The average molecular weight is 374 g/mol. The Kier molecular flexibility index (Phi) is 4.30. The lowest BCUT2D eigenvalue weighted by Crippen LogP contribution is -2.18. The van der Waals surface area contributed by atoms with E-state index in [1.807, 2.05) is 22.8 Å². The maximum absolute atomic E-state index is 13.8. The number of halogens is 1. The van der Waals surface area contributed by atoms with Gasteiger partial charge < -0.3 is 0 Å². The number of pyridine rings is 1. The second-order valence-corrected chi connectivity index (χ2v) is 7.95. The molecule has 142 valence electrons. The lowest BCUT2D eigenvalue weighted by Gasteiger charge is -2.32. The summed E-state index contributed by atoms with van der Waals surface area (Å²) in [5.74, 6) is 1.31. The highest BCUT2D eigenvalue weighted by atomic mass is 19.1. The Morgan fingerprint density at radius 1 is 1.07 bits per heavy atom. The fraction of sp³-hybridized carbons (Fsp3) is 0.348. The molecule has 5 rings (SSSR count). The maximum Gasteiger partial charge on any atom is 0.153 e. The minimum absolute atomic E-state index is 0.190. The van der Waals surface area contributed by atoms with Gasteiger partial charge in [-0.3, -0.25) is 4.98 Å². The predicted octanol–water partition coefficient (Wildman–Crippen LogP) is 5.49. The molecule has 1 saturated carbocycles. The van der Waals surface area contributed by atoms with E-state index in [2.05, 4.69) is 29.3 Å². The van der Waals surface area contributed by atoms with Gasteiger partial charge in [-0.2, -0.15) is 5.10 Å². The summed E-state index contributed by atoms with van der Waals surface area (Å²) in [6, 6.07) is 10.9. The van der Waals surface area contributed by atoms with Crippen LogP contribution in [0.5, 0.6) is 0 Å². The van der Waals surface area contributed by atoms with Crippen molar-refractivity contribution < 1.29 is 4.39 Å². The Labute approximate surface area is 163 Å². The highest BCUT2D eigenvalue weighted by Gasteiger charge is 2.29. The third-order valence-corrected chi connectivity index (χ3v) is 6.38. The van der Waals surface area contributed by atoms with E-state index >= 15 is 0 Å². The Morgan fingerprint density at radius 3 is 2.75 bits per heavy atom. The summed E-state index contributed by atoms with van der Waals surface area (Å²) >= 11 is 0. The van der Waals surface area contributed by atoms with Crippen LogP contribution in [0.15, 0.2) is 55.0 Å². The molecule has 0 amide bonds. The normalized spacial score (nSPS) is 21.2. The average Bonchev–Trinajstić information content (AvgIpc) is 3.17. The maximum atomic E-state index is 13.8. The van der Waals surface area contributed by atoms with E-state index < -0.39 is 0 Å². The zero-order chi connectivity index (χ0) is 19.1. The molecule has 4 aromatic rings. The zero-order valence-corrected chi connectivity index (χ0v) is 15.9. The molecular formula is C23H23FN4. The molecule has 4 nitrogen and oxygen atoms in total. The summed E-state index contributed by atoms with van der Waals surface area (Å²) in [6.07, 6.45) is 10.3. The first-order valence-electron chi connectivity index (χ1n) is 10.0. The van der Waals surface area contributed by atoms with Crippen molar-refractivity contribution in [2.45, 2.75) is 44.4 Å². The fourth-order valence-corrected chi connectivity index (χ4v) is 4.74. The molecule has 0 aliphatic heterocycles. The molecule has 1 fully saturated rings. The monoisotopic (exact) mass is 374 g/mol. The Morgan fingerprint density at radius 2 is 1.93 bits per heavy atom. The number of fused-ring (bicyclic) bond motifs is 2. The molecule has 3 aromatic heterocycles. The number of imidazole rings is 1. The fourth-order valence-electron chi connectivity index (χ4n) is 4.74. The Bertz CT molecular complexity index is 1090. The van der Waals surface area contributed by atoms with Gasteiger partial charge in [0.15, 0.2) is 5.65 Å². The standard InChI is InChI=1S/C23H23FN4/c1-15(22-14-28-23(27-22)3-2-11-26-28)16-4-6-17(7-5-16)19-10-12-25-21-9-8-18(24)13-20(19)21/h2-3,8-17H,4-7H2,1H3. The molecule has 0 radical (unpaired) electrons. The van der Waals surface area contributed by atoms with Crippen LogP contribution in [0, 0.1) is 11.7 Å². The van der Waals surface area contributed by atoms with Gasteiger partial charge >= 0.3 is 0 Å². The molecule has 1 unspecified atom stereocenters. The molecule has 1 aliphatic rings. The van der Waals surface area contributed by atoms with Gasteiger partial charge in [0, 0.05) is 23.7 Å². The first-order valence-corrected chi connectivity index (χ1v) is 10.0. The third kappa shape index (κ3) is 3.05. The quantitative estimate of drug-likeness (QED) is 0.476. The SMILES string of the molecule is CC(c1cn2ncccc2n1)C1CCC(c2ccnc3ccc(F)cc23)CC1. The number of rotatable bonds is 3. The van der Waals surface area contributed by atoms with E-state index in [9.17, 15) is 4.39 Å². The first-order chi connectivity index (χ1) is 13.7. The van der Waals surface area contributed by atoms with Gasteiger partial charge in [0.2, 0.25) is 0 Å². The second kappa shape index (κ2) is 6.97. The van der Waals surface area contributed by atoms with Gasteiger partial charge in [0.05, 0.1) is 17.4 Å². The Balaban J connectivity index is 1.34. The molecular weight excluding hydrogens is 351 g/mol. The third-order valence-electron chi connectivity index (χ3n) is 6.38. The van der Waals surface area contributed by atoms with Crippen molar-refractivity contribution in [2.75, 3.05) is 0 Å². The molecule has 5 heteroatoms. The van der Waals surface area contributed by atoms with Crippen molar-refractivity contribution in [3.63, 3.8) is 0 Å². The van der Waals surface area contributed by atoms with Gasteiger partial charge in [-0.25, -0.2) is 13.9 Å². The Hall–Kier alpha value is -2.82. The van der Waals surface area contributed by atoms with E-state index in [1.165, 1.54) is 11.6 Å². The van der Waals surface area contributed by atoms with Crippen LogP contribution in [0.1, 0.15) is 55.7 Å². The summed E-state index contributed by atoms with van der Waals surface area (Å²) in [7, 11) is 0. The lowest BCUT2D eigenvalue weighted by atomic mass is 9.73. The minimum atomic E-state index is -0.190. The topological polar surface area (TPSA) is 43.1 Å². The van der Waals surface area contributed by atoms with Gasteiger partial charge in [-0.05, 0) is 79.5 Å². The van der Waals surface area contributed by atoms with Crippen LogP contribution in [0.25, 0.3) is 16.6 Å². The number of hydrogen-bond acceptors (Lipinski definition) is 3. The summed E-state index contributed by atoms with van der Waals surface area (Å²) in [5, 5.41) is 5.30. The zero-order valence-electron chi connectivity index (χ0n) is 15.9. The smallest absolute Gasteiger partial charge is 0.153 e. The molecule has 0 bridgehead atoms. The van der Waals surface area contributed by atoms with Crippen molar-refractivity contribution >= 4 is 16.6 Å². The summed E-state index contributed by atoms with van der Waals surface area (Å²) < 4.78 is 15.6. The number of hydrogen-bond donors (Lipinski definition) is 0. The van der Waals surface area contributed by atoms with E-state index in [0.717, 1.165) is 47.9 Å². The second-order valence-electron chi connectivity index (χ2n) is 7.95. The van der Waals surface area contributed by atoms with E-state index in [-0.39, 0.29) is 5.82 Å². The van der Waals surface area contributed by atoms with Crippen LogP contribution in [0.3, 0.4) is 0 Å². The van der Waals surface area contributed by atoms with E-state index in [0.29, 0.717) is 17.8 Å². The van der Waals surface area contributed by atoms with Crippen LogP contribution < -0.4 is 0 Å². The molecule has 0 spiro atoms. The van der Waals surface area contributed by atoms with Crippen molar-refractivity contribution in [2.24, 2.45) is 5.92 Å². The minimum Gasteiger partial charge on any atom is -0.256 e. The molecule has 0 saturated heterocycles. The number of benzene rings is 1. The van der Waals surface area contributed by atoms with Crippen molar-refractivity contribution in [1.29, 1.82) is 0 Å². The number of nitrogens with zero attached hydrogens (tertiary/aromatic N) is 4. The van der Waals surface area contributed by atoms with Crippen molar-refractivity contribution in [3.05, 3.63) is 72.1 Å². The number of aromatic nitrogens is 4. The molecule has 3 heterocycles.